The zero-order chi connectivity index (χ0) is 13.2. The van der Waals surface area contributed by atoms with E-state index in [0.29, 0.717) is 12.3 Å². The third-order valence-corrected chi connectivity index (χ3v) is 4.64. The van der Waals surface area contributed by atoms with Crippen molar-refractivity contribution >= 4 is 5.97 Å². The maximum absolute atomic E-state index is 11.1. The van der Waals surface area contributed by atoms with E-state index in [1.807, 2.05) is 0 Å². The molecule has 0 aromatic heterocycles. The van der Waals surface area contributed by atoms with Crippen molar-refractivity contribution in [2.24, 2.45) is 5.92 Å². The topological polar surface area (TPSA) is 37.3 Å². The summed E-state index contributed by atoms with van der Waals surface area (Å²) in [5.74, 6) is 0.192. The van der Waals surface area contributed by atoms with Gasteiger partial charge in [0.1, 0.15) is 0 Å². The van der Waals surface area contributed by atoms with Gasteiger partial charge in [0.15, 0.2) is 0 Å². The lowest BCUT2D eigenvalue weighted by Gasteiger charge is -2.17. The van der Waals surface area contributed by atoms with Gasteiger partial charge in [-0.15, -0.1) is 0 Å². The Labute approximate surface area is 114 Å². The van der Waals surface area contributed by atoms with E-state index in [1.165, 1.54) is 61.6 Å². The molecule has 0 spiro atoms. The van der Waals surface area contributed by atoms with E-state index < -0.39 is 5.97 Å². The molecule has 1 atom stereocenters. The highest BCUT2D eigenvalue weighted by Gasteiger charge is 2.33. The van der Waals surface area contributed by atoms with Crippen LogP contribution >= 0.6 is 0 Å². The van der Waals surface area contributed by atoms with Crippen LogP contribution in [-0.2, 0) is 17.6 Å². The smallest absolute Gasteiger partial charge is 0.303 e. The number of carbonyl (C=O) groups is 1. The van der Waals surface area contributed by atoms with Gasteiger partial charge in [-0.25, -0.2) is 0 Å². The van der Waals surface area contributed by atoms with Crippen molar-refractivity contribution in [2.45, 2.75) is 57.3 Å². The molecule has 0 radical (unpaired) electrons. The maximum Gasteiger partial charge on any atom is 0.303 e. The first-order chi connectivity index (χ1) is 9.24. The molecule has 1 unspecified atom stereocenters. The lowest BCUT2D eigenvalue weighted by molar-refractivity contribution is -0.137. The summed E-state index contributed by atoms with van der Waals surface area (Å²) in [4.78, 5) is 11.1. The molecule has 2 aliphatic carbocycles. The van der Waals surface area contributed by atoms with Gasteiger partial charge in [0.05, 0.1) is 6.42 Å². The molecule has 102 valence electrons. The molecule has 2 aliphatic rings. The molecule has 2 nitrogen and oxygen atoms in total. The first-order valence-corrected chi connectivity index (χ1v) is 7.57. The van der Waals surface area contributed by atoms with Crippen LogP contribution in [0.2, 0.25) is 0 Å². The molecular formula is C17H22O2. The SMILES string of the molecule is O=C(O)CC(c1ccc2c(c1)CCCCC2)C1CC1. The molecule has 1 saturated carbocycles. The predicted octanol–water partition coefficient (Wildman–Crippen LogP) is 3.92. The van der Waals surface area contributed by atoms with Crippen LogP contribution in [-0.4, -0.2) is 11.1 Å². The molecule has 0 saturated heterocycles. The number of aryl methyl sites for hydroxylation is 2. The normalized spacial score (nSPS) is 20.4. The van der Waals surface area contributed by atoms with E-state index in [-0.39, 0.29) is 5.92 Å². The number of carboxylic acids is 1. The predicted molar refractivity (Wildman–Crippen MR) is 75.4 cm³/mol. The molecular weight excluding hydrogens is 236 g/mol. The standard InChI is InChI=1S/C17H22O2/c18-17(19)11-16(13-7-8-13)15-9-6-12-4-2-1-3-5-14(12)10-15/h6,9-10,13,16H,1-5,7-8,11H2,(H,18,19). The molecule has 1 fully saturated rings. The molecule has 1 aromatic carbocycles. The van der Waals surface area contributed by atoms with E-state index in [1.54, 1.807) is 0 Å². The summed E-state index contributed by atoms with van der Waals surface area (Å²) in [5, 5.41) is 9.11. The number of carboxylic acid groups (broad SMARTS) is 1. The largest absolute Gasteiger partial charge is 0.481 e. The molecule has 2 heteroatoms. The van der Waals surface area contributed by atoms with Gasteiger partial charge in [-0.3, -0.25) is 4.79 Å². The van der Waals surface area contributed by atoms with E-state index in [0.717, 1.165) is 0 Å². The Morgan fingerprint density at radius 1 is 1.16 bits per heavy atom. The van der Waals surface area contributed by atoms with E-state index in [2.05, 4.69) is 18.2 Å². The number of rotatable bonds is 4. The summed E-state index contributed by atoms with van der Waals surface area (Å²) < 4.78 is 0. The Bertz CT molecular complexity index is 474. The van der Waals surface area contributed by atoms with Crippen LogP contribution in [0.4, 0.5) is 0 Å². The van der Waals surface area contributed by atoms with E-state index in [9.17, 15) is 4.79 Å². The highest BCUT2D eigenvalue weighted by atomic mass is 16.4. The van der Waals surface area contributed by atoms with Gasteiger partial charge in [-0.2, -0.15) is 0 Å². The monoisotopic (exact) mass is 258 g/mol. The van der Waals surface area contributed by atoms with Crippen LogP contribution < -0.4 is 0 Å². The highest BCUT2D eigenvalue weighted by molar-refractivity contribution is 5.68. The zero-order valence-corrected chi connectivity index (χ0v) is 11.4. The average molecular weight is 258 g/mol. The highest BCUT2D eigenvalue weighted by Crippen LogP contribution is 2.45. The lowest BCUT2D eigenvalue weighted by atomic mass is 9.88. The van der Waals surface area contributed by atoms with Crippen molar-refractivity contribution in [1.29, 1.82) is 0 Å². The molecule has 3 rings (SSSR count). The zero-order valence-electron chi connectivity index (χ0n) is 11.4. The quantitative estimate of drug-likeness (QED) is 0.831. The summed E-state index contributed by atoms with van der Waals surface area (Å²) in [7, 11) is 0. The van der Waals surface area contributed by atoms with E-state index in [4.69, 9.17) is 5.11 Å². The number of aliphatic carboxylic acids is 1. The van der Waals surface area contributed by atoms with Gasteiger partial charge in [-0.05, 0) is 67.1 Å². The minimum absolute atomic E-state index is 0.242. The lowest BCUT2D eigenvalue weighted by Crippen LogP contribution is -2.09. The second-order valence-corrected chi connectivity index (χ2v) is 6.13. The van der Waals surface area contributed by atoms with Crippen LogP contribution in [0.1, 0.15) is 61.1 Å². The van der Waals surface area contributed by atoms with Crippen molar-refractivity contribution in [3.63, 3.8) is 0 Å². The van der Waals surface area contributed by atoms with Crippen LogP contribution in [0.25, 0.3) is 0 Å². The summed E-state index contributed by atoms with van der Waals surface area (Å²) in [5.41, 5.74) is 4.24. The Morgan fingerprint density at radius 3 is 2.58 bits per heavy atom. The Morgan fingerprint density at radius 2 is 1.89 bits per heavy atom. The van der Waals surface area contributed by atoms with Crippen molar-refractivity contribution in [3.8, 4) is 0 Å². The van der Waals surface area contributed by atoms with Gasteiger partial charge in [-0.1, -0.05) is 24.6 Å². The third-order valence-electron chi connectivity index (χ3n) is 4.64. The molecule has 19 heavy (non-hydrogen) atoms. The van der Waals surface area contributed by atoms with Crippen LogP contribution in [0.3, 0.4) is 0 Å². The molecule has 0 heterocycles. The van der Waals surface area contributed by atoms with Crippen LogP contribution in [0, 0.1) is 5.92 Å². The van der Waals surface area contributed by atoms with Crippen LogP contribution in [0.15, 0.2) is 18.2 Å². The minimum Gasteiger partial charge on any atom is -0.481 e. The molecule has 1 N–H and O–H groups in total. The molecule has 0 amide bonds. The van der Waals surface area contributed by atoms with Gasteiger partial charge in [0.2, 0.25) is 0 Å². The summed E-state index contributed by atoms with van der Waals surface area (Å²) >= 11 is 0. The second kappa shape index (κ2) is 5.36. The van der Waals surface area contributed by atoms with E-state index >= 15 is 0 Å². The maximum atomic E-state index is 11.1. The van der Waals surface area contributed by atoms with Crippen LogP contribution in [0.5, 0.6) is 0 Å². The van der Waals surface area contributed by atoms with Gasteiger partial charge in [0.25, 0.3) is 0 Å². The Balaban J connectivity index is 1.86. The fourth-order valence-corrected chi connectivity index (χ4v) is 3.40. The number of fused-ring (bicyclic) bond motifs is 1. The Hall–Kier alpha value is -1.31. The summed E-state index contributed by atoms with van der Waals surface area (Å²) in [6.45, 7) is 0. The third kappa shape index (κ3) is 2.99. The molecule has 0 bridgehead atoms. The van der Waals surface area contributed by atoms with Crippen molar-refractivity contribution in [2.75, 3.05) is 0 Å². The Kier molecular flexibility index (Phi) is 3.58. The average Bonchev–Trinajstić information content (AvgIpc) is 3.21. The first-order valence-electron chi connectivity index (χ1n) is 7.57. The number of hydrogen-bond acceptors (Lipinski definition) is 1. The first kappa shape index (κ1) is 12.7. The summed E-state index contributed by atoms with van der Waals surface area (Å²) in [6, 6.07) is 6.76. The van der Waals surface area contributed by atoms with Crippen molar-refractivity contribution in [1.82, 2.24) is 0 Å². The summed E-state index contributed by atoms with van der Waals surface area (Å²) in [6.07, 6.45) is 8.98. The number of benzene rings is 1. The minimum atomic E-state index is -0.660. The van der Waals surface area contributed by atoms with Gasteiger partial charge in [0, 0.05) is 0 Å². The van der Waals surface area contributed by atoms with Gasteiger partial charge >= 0.3 is 5.97 Å². The fourth-order valence-electron chi connectivity index (χ4n) is 3.40. The fraction of sp³-hybridized carbons (Fsp3) is 0.588. The molecule has 0 aliphatic heterocycles. The van der Waals surface area contributed by atoms with Gasteiger partial charge < -0.3 is 5.11 Å². The molecule has 1 aromatic rings. The second-order valence-electron chi connectivity index (χ2n) is 6.13. The van der Waals surface area contributed by atoms with Crippen molar-refractivity contribution < 1.29 is 9.90 Å². The number of hydrogen-bond donors (Lipinski definition) is 1. The van der Waals surface area contributed by atoms with Crippen molar-refractivity contribution in [3.05, 3.63) is 34.9 Å².